The van der Waals surface area contributed by atoms with Crippen LogP contribution in [0.1, 0.15) is 44.0 Å². The SMILES string of the molecule is Cc1ccc(C(=O)NC2CC2)cc1NC(=O)c1cnc(NCc2cnccc2F)s1. The van der Waals surface area contributed by atoms with Crippen molar-refractivity contribution in [3.05, 3.63) is 70.2 Å². The average molecular weight is 425 g/mol. The van der Waals surface area contributed by atoms with Gasteiger partial charge in [-0.15, -0.1) is 0 Å². The van der Waals surface area contributed by atoms with E-state index >= 15 is 0 Å². The summed E-state index contributed by atoms with van der Waals surface area (Å²) in [7, 11) is 0. The van der Waals surface area contributed by atoms with E-state index in [4.69, 9.17) is 0 Å². The molecule has 2 amide bonds. The number of aromatic nitrogens is 2. The fraction of sp³-hybridized carbons (Fsp3) is 0.238. The maximum atomic E-state index is 13.7. The standard InChI is InChI=1S/C21H20FN5O2S/c1-12-2-3-13(19(28)26-15-4-5-15)8-17(12)27-20(29)18-11-25-21(30-18)24-10-14-9-23-7-6-16(14)22/h2-3,6-9,11,15H,4-5,10H2,1H3,(H,24,25)(H,26,28)(H,27,29). The Morgan fingerprint density at radius 1 is 1.20 bits per heavy atom. The van der Waals surface area contributed by atoms with Gasteiger partial charge in [-0.2, -0.15) is 0 Å². The molecule has 2 heterocycles. The first-order chi connectivity index (χ1) is 14.5. The van der Waals surface area contributed by atoms with Crippen molar-refractivity contribution in [3.63, 3.8) is 0 Å². The van der Waals surface area contributed by atoms with Gasteiger partial charge in [0.2, 0.25) is 0 Å². The van der Waals surface area contributed by atoms with Gasteiger partial charge in [0.25, 0.3) is 11.8 Å². The van der Waals surface area contributed by atoms with Crippen molar-refractivity contribution in [3.8, 4) is 0 Å². The summed E-state index contributed by atoms with van der Waals surface area (Å²) in [5.41, 5.74) is 2.34. The predicted molar refractivity (Wildman–Crippen MR) is 113 cm³/mol. The van der Waals surface area contributed by atoms with Gasteiger partial charge in [-0.3, -0.25) is 14.6 Å². The second-order valence-electron chi connectivity index (χ2n) is 7.08. The summed E-state index contributed by atoms with van der Waals surface area (Å²) in [5.74, 6) is -0.816. The monoisotopic (exact) mass is 425 g/mol. The molecule has 4 rings (SSSR count). The number of carbonyl (C=O) groups excluding carboxylic acids is 2. The second-order valence-corrected chi connectivity index (χ2v) is 8.11. The van der Waals surface area contributed by atoms with Gasteiger partial charge in [-0.1, -0.05) is 17.4 Å². The molecule has 0 unspecified atom stereocenters. The van der Waals surface area contributed by atoms with Crippen molar-refractivity contribution in [2.45, 2.75) is 32.4 Å². The quantitative estimate of drug-likeness (QED) is 0.536. The zero-order valence-electron chi connectivity index (χ0n) is 16.2. The molecule has 1 aliphatic carbocycles. The number of thiazole rings is 1. The molecular weight excluding hydrogens is 405 g/mol. The molecule has 30 heavy (non-hydrogen) atoms. The molecule has 1 aromatic carbocycles. The van der Waals surface area contributed by atoms with Crippen LogP contribution in [0, 0.1) is 12.7 Å². The zero-order valence-corrected chi connectivity index (χ0v) is 17.1. The highest BCUT2D eigenvalue weighted by molar-refractivity contribution is 7.17. The number of anilines is 2. The molecule has 1 saturated carbocycles. The van der Waals surface area contributed by atoms with Crippen LogP contribution in [0.2, 0.25) is 0 Å². The molecule has 154 valence electrons. The second kappa shape index (κ2) is 8.58. The van der Waals surface area contributed by atoms with Crippen molar-refractivity contribution < 1.29 is 14.0 Å². The number of carbonyl (C=O) groups is 2. The smallest absolute Gasteiger partial charge is 0.267 e. The van der Waals surface area contributed by atoms with Gasteiger partial charge in [-0.25, -0.2) is 9.37 Å². The Kier molecular flexibility index (Phi) is 5.71. The molecule has 0 spiro atoms. The lowest BCUT2D eigenvalue weighted by molar-refractivity contribution is 0.0949. The first-order valence-corrected chi connectivity index (χ1v) is 10.3. The Morgan fingerprint density at radius 2 is 2.03 bits per heavy atom. The molecule has 0 radical (unpaired) electrons. The number of amides is 2. The molecule has 7 nitrogen and oxygen atoms in total. The highest BCUT2D eigenvalue weighted by Gasteiger charge is 2.24. The van der Waals surface area contributed by atoms with Crippen LogP contribution in [-0.2, 0) is 6.54 Å². The molecule has 2 aromatic heterocycles. The molecule has 1 aliphatic rings. The lowest BCUT2D eigenvalue weighted by Gasteiger charge is -2.10. The summed E-state index contributed by atoms with van der Waals surface area (Å²) in [6.45, 7) is 2.08. The van der Waals surface area contributed by atoms with Gasteiger partial charge >= 0.3 is 0 Å². The Balaban J connectivity index is 1.40. The van der Waals surface area contributed by atoms with Crippen LogP contribution < -0.4 is 16.0 Å². The van der Waals surface area contributed by atoms with Gasteiger partial charge in [0.05, 0.1) is 6.20 Å². The number of nitrogens with zero attached hydrogens (tertiary/aromatic N) is 2. The van der Waals surface area contributed by atoms with Crippen LogP contribution >= 0.6 is 11.3 Å². The minimum atomic E-state index is -0.354. The van der Waals surface area contributed by atoms with Crippen LogP contribution in [0.3, 0.4) is 0 Å². The van der Waals surface area contributed by atoms with Crippen molar-refractivity contribution in [2.75, 3.05) is 10.6 Å². The van der Waals surface area contributed by atoms with Gasteiger partial charge in [0.15, 0.2) is 5.13 Å². The number of nitrogens with one attached hydrogen (secondary N) is 3. The number of aryl methyl sites for hydroxylation is 1. The van der Waals surface area contributed by atoms with Crippen LogP contribution in [-0.4, -0.2) is 27.8 Å². The minimum absolute atomic E-state index is 0.139. The molecule has 0 atom stereocenters. The Bertz CT molecular complexity index is 1100. The maximum Gasteiger partial charge on any atom is 0.267 e. The highest BCUT2D eigenvalue weighted by atomic mass is 32.1. The number of hydrogen-bond acceptors (Lipinski definition) is 6. The van der Waals surface area contributed by atoms with E-state index in [0.29, 0.717) is 26.8 Å². The number of pyridine rings is 1. The van der Waals surface area contributed by atoms with E-state index in [2.05, 4.69) is 25.9 Å². The highest BCUT2D eigenvalue weighted by Crippen LogP contribution is 2.24. The lowest BCUT2D eigenvalue weighted by Crippen LogP contribution is -2.25. The summed E-state index contributed by atoms with van der Waals surface area (Å²) >= 11 is 1.16. The number of hydrogen-bond donors (Lipinski definition) is 3. The van der Waals surface area contributed by atoms with E-state index in [0.717, 1.165) is 29.7 Å². The van der Waals surface area contributed by atoms with E-state index in [9.17, 15) is 14.0 Å². The fourth-order valence-electron chi connectivity index (χ4n) is 2.75. The number of benzene rings is 1. The first-order valence-electron chi connectivity index (χ1n) is 9.50. The largest absolute Gasteiger partial charge is 0.357 e. The molecule has 0 aliphatic heterocycles. The molecule has 1 fully saturated rings. The van der Waals surface area contributed by atoms with Crippen LogP contribution in [0.5, 0.6) is 0 Å². The van der Waals surface area contributed by atoms with E-state index in [-0.39, 0.29) is 30.2 Å². The Morgan fingerprint density at radius 3 is 2.80 bits per heavy atom. The minimum Gasteiger partial charge on any atom is -0.357 e. The zero-order chi connectivity index (χ0) is 21.1. The molecule has 3 aromatic rings. The summed E-state index contributed by atoms with van der Waals surface area (Å²) in [6, 6.07) is 6.78. The average Bonchev–Trinajstić information content (AvgIpc) is 3.42. The van der Waals surface area contributed by atoms with Gasteiger partial charge < -0.3 is 16.0 Å². The van der Waals surface area contributed by atoms with E-state index in [1.807, 2.05) is 6.92 Å². The third kappa shape index (κ3) is 4.80. The van der Waals surface area contributed by atoms with Crippen molar-refractivity contribution in [2.24, 2.45) is 0 Å². The van der Waals surface area contributed by atoms with E-state index < -0.39 is 0 Å². The summed E-state index contributed by atoms with van der Waals surface area (Å²) < 4.78 is 13.7. The summed E-state index contributed by atoms with van der Waals surface area (Å²) in [5, 5.41) is 9.27. The molecule has 0 saturated heterocycles. The van der Waals surface area contributed by atoms with Gasteiger partial charge in [0, 0.05) is 41.8 Å². The lowest BCUT2D eigenvalue weighted by atomic mass is 10.1. The Labute approximate surface area is 176 Å². The first kappa shape index (κ1) is 20.0. The maximum absolute atomic E-state index is 13.7. The fourth-order valence-corrected chi connectivity index (χ4v) is 3.46. The van der Waals surface area contributed by atoms with Crippen molar-refractivity contribution in [1.82, 2.24) is 15.3 Å². The molecular formula is C21H20FN5O2S. The summed E-state index contributed by atoms with van der Waals surface area (Å²) in [6.07, 6.45) is 6.31. The number of halogens is 1. The van der Waals surface area contributed by atoms with Crippen molar-refractivity contribution in [1.29, 1.82) is 0 Å². The van der Waals surface area contributed by atoms with E-state index in [1.54, 1.807) is 18.2 Å². The van der Waals surface area contributed by atoms with Gasteiger partial charge in [0.1, 0.15) is 10.7 Å². The van der Waals surface area contributed by atoms with Crippen molar-refractivity contribution >= 4 is 34.0 Å². The van der Waals surface area contributed by atoms with E-state index in [1.165, 1.54) is 24.7 Å². The van der Waals surface area contributed by atoms with Crippen LogP contribution in [0.4, 0.5) is 15.2 Å². The number of rotatable bonds is 7. The topological polar surface area (TPSA) is 96.0 Å². The predicted octanol–water partition coefficient (Wildman–Crippen LogP) is 3.74. The van der Waals surface area contributed by atoms with Gasteiger partial charge in [-0.05, 0) is 43.5 Å². The third-order valence-corrected chi connectivity index (χ3v) is 5.62. The molecule has 0 bridgehead atoms. The molecule has 3 N–H and O–H groups in total. The Hall–Kier alpha value is -3.33. The van der Waals surface area contributed by atoms with Crippen LogP contribution in [0.25, 0.3) is 0 Å². The summed E-state index contributed by atoms with van der Waals surface area (Å²) in [4.78, 5) is 33.4. The molecule has 9 heteroatoms. The normalized spacial score (nSPS) is 13.0. The third-order valence-electron chi connectivity index (χ3n) is 4.66. The van der Waals surface area contributed by atoms with Crippen LogP contribution in [0.15, 0.2) is 42.9 Å².